The number of anilines is 1. The monoisotopic (exact) mass is 372 g/mol. The number of quaternary nitrogens is 1. The molecule has 6 heteroatoms. The van der Waals surface area contributed by atoms with E-state index in [0.717, 1.165) is 35.3 Å². The number of amides is 1. The molecule has 2 aromatic rings. The lowest BCUT2D eigenvalue weighted by Crippen LogP contribution is -3.08. The Labute approximate surface area is 157 Å². The summed E-state index contributed by atoms with van der Waals surface area (Å²) in [6.07, 6.45) is 3.00. The first-order valence-electron chi connectivity index (χ1n) is 8.86. The number of likely N-dealkylation sites (N-methyl/N-ethyl adjacent to an activating group) is 1. The van der Waals surface area contributed by atoms with Crippen LogP contribution >= 0.6 is 11.3 Å². The van der Waals surface area contributed by atoms with E-state index in [1.807, 2.05) is 7.05 Å². The average Bonchev–Trinajstić information content (AvgIpc) is 2.92. The van der Waals surface area contributed by atoms with Gasteiger partial charge in [0.15, 0.2) is 6.54 Å². The number of nitrogens with one attached hydrogen (secondary N) is 2. The van der Waals surface area contributed by atoms with Crippen molar-refractivity contribution in [2.75, 3.05) is 18.9 Å². The van der Waals surface area contributed by atoms with Crippen LogP contribution in [0, 0.1) is 23.1 Å². The number of nitrogens with zero attached hydrogens (tertiary/aromatic N) is 1. The molecule has 1 aliphatic rings. The Balaban J connectivity index is 1.63. The van der Waals surface area contributed by atoms with Gasteiger partial charge in [0.1, 0.15) is 23.4 Å². The van der Waals surface area contributed by atoms with E-state index in [1.54, 1.807) is 23.5 Å². The molecule has 0 aliphatic heterocycles. The fourth-order valence-corrected chi connectivity index (χ4v) is 4.79. The lowest BCUT2D eigenvalue weighted by molar-refractivity contribution is -0.885. The van der Waals surface area contributed by atoms with Crippen LogP contribution in [0.25, 0.3) is 0 Å². The van der Waals surface area contributed by atoms with Crippen LogP contribution in [0.4, 0.5) is 9.39 Å². The van der Waals surface area contributed by atoms with E-state index in [0.29, 0.717) is 29.6 Å². The minimum atomic E-state index is -0.260. The summed E-state index contributed by atoms with van der Waals surface area (Å²) in [6.45, 7) is 3.15. The van der Waals surface area contributed by atoms with Crippen molar-refractivity contribution in [2.45, 2.75) is 32.7 Å². The third-order valence-corrected chi connectivity index (χ3v) is 5.93. The van der Waals surface area contributed by atoms with Crippen LogP contribution in [0.15, 0.2) is 24.3 Å². The second-order valence-electron chi connectivity index (χ2n) is 7.15. The molecule has 0 radical (unpaired) electrons. The molecule has 2 atom stereocenters. The SMILES string of the molecule is C[C@@H]1CCc2c(sc(NC(=O)C[NH+](C)Cc3ccc(F)cc3)c2C#N)C1. The van der Waals surface area contributed by atoms with Crippen molar-refractivity contribution in [3.63, 3.8) is 0 Å². The number of halogens is 1. The van der Waals surface area contributed by atoms with E-state index in [4.69, 9.17) is 0 Å². The van der Waals surface area contributed by atoms with Gasteiger partial charge in [-0.25, -0.2) is 4.39 Å². The number of carbonyl (C=O) groups excluding carboxylic acids is 1. The number of nitriles is 1. The minimum Gasteiger partial charge on any atom is -0.326 e. The Kier molecular flexibility index (Phi) is 5.70. The Hall–Kier alpha value is -2.23. The van der Waals surface area contributed by atoms with Gasteiger partial charge in [-0.05, 0) is 42.9 Å². The predicted molar refractivity (Wildman–Crippen MR) is 101 cm³/mol. The molecule has 0 fully saturated rings. The van der Waals surface area contributed by atoms with Gasteiger partial charge in [0, 0.05) is 10.4 Å². The van der Waals surface area contributed by atoms with Gasteiger partial charge >= 0.3 is 0 Å². The third kappa shape index (κ3) is 4.29. The molecule has 0 saturated carbocycles. The number of carbonyl (C=O) groups is 1. The molecule has 1 unspecified atom stereocenters. The smallest absolute Gasteiger partial charge is 0.280 e. The fourth-order valence-electron chi connectivity index (χ4n) is 3.42. The number of rotatable bonds is 5. The zero-order chi connectivity index (χ0) is 18.7. The Morgan fingerprint density at radius 2 is 2.15 bits per heavy atom. The first kappa shape index (κ1) is 18.6. The summed E-state index contributed by atoms with van der Waals surface area (Å²) >= 11 is 1.55. The lowest BCUT2D eigenvalue weighted by atomic mass is 9.89. The Morgan fingerprint density at radius 3 is 2.85 bits per heavy atom. The molecule has 1 aliphatic carbocycles. The number of benzene rings is 1. The maximum Gasteiger partial charge on any atom is 0.280 e. The zero-order valence-electron chi connectivity index (χ0n) is 15.1. The van der Waals surface area contributed by atoms with Crippen LogP contribution in [0.3, 0.4) is 0 Å². The zero-order valence-corrected chi connectivity index (χ0v) is 15.9. The van der Waals surface area contributed by atoms with E-state index in [9.17, 15) is 14.4 Å². The number of fused-ring (bicyclic) bond motifs is 1. The van der Waals surface area contributed by atoms with Gasteiger partial charge < -0.3 is 10.2 Å². The van der Waals surface area contributed by atoms with Crippen molar-refractivity contribution < 1.29 is 14.1 Å². The number of hydrogen-bond acceptors (Lipinski definition) is 3. The van der Waals surface area contributed by atoms with Crippen molar-refractivity contribution in [1.82, 2.24) is 0 Å². The standard InChI is InChI=1S/C20H22FN3OS/c1-13-3-8-16-17(10-22)20(26-18(16)9-13)23-19(25)12-24(2)11-14-4-6-15(21)7-5-14/h4-7,13H,3,8-9,11-12H2,1-2H3,(H,23,25)/p+1/t13-/m1/s1. The first-order chi connectivity index (χ1) is 12.5. The topological polar surface area (TPSA) is 57.3 Å². The van der Waals surface area contributed by atoms with E-state index in [1.165, 1.54) is 17.0 Å². The van der Waals surface area contributed by atoms with Gasteiger partial charge in [0.2, 0.25) is 0 Å². The van der Waals surface area contributed by atoms with Gasteiger partial charge in [-0.3, -0.25) is 4.79 Å². The van der Waals surface area contributed by atoms with Gasteiger partial charge in [-0.15, -0.1) is 11.3 Å². The van der Waals surface area contributed by atoms with Crippen LogP contribution in [0.1, 0.15) is 34.9 Å². The molecule has 1 amide bonds. The largest absolute Gasteiger partial charge is 0.326 e. The Morgan fingerprint density at radius 1 is 1.42 bits per heavy atom. The lowest BCUT2D eigenvalue weighted by Gasteiger charge is -2.17. The molecule has 26 heavy (non-hydrogen) atoms. The van der Waals surface area contributed by atoms with Gasteiger partial charge in [-0.1, -0.05) is 19.1 Å². The van der Waals surface area contributed by atoms with Crippen LogP contribution < -0.4 is 10.2 Å². The highest BCUT2D eigenvalue weighted by Gasteiger charge is 2.25. The summed E-state index contributed by atoms with van der Waals surface area (Å²) in [5.41, 5.74) is 2.74. The molecular weight excluding hydrogens is 349 g/mol. The summed E-state index contributed by atoms with van der Waals surface area (Å²) < 4.78 is 13.0. The highest BCUT2D eigenvalue weighted by atomic mass is 32.1. The second-order valence-corrected chi connectivity index (χ2v) is 8.26. The molecule has 0 saturated heterocycles. The molecule has 1 aromatic heterocycles. The molecular formula is C20H23FN3OS+. The van der Waals surface area contributed by atoms with Crippen molar-refractivity contribution in [3.05, 3.63) is 51.7 Å². The van der Waals surface area contributed by atoms with Gasteiger partial charge in [0.05, 0.1) is 12.6 Å². The highest BCUT2D eigenvalue weighted by molar-refractivity contribution is 7.16. The summed E-state index contributed by atoms with van der Waals surface area (Å²) in [7, 11) is 1.93. The third-order valence-electron chi connectivity index (χ3n) is 4.76. The number of hydrogen-bond donors (Lipinski definition) is 2. The van der Waals surface area contributed by atoms with Gasteiger partial charge in [0.25, 0.3) is 5.91 Å². The van der Waals surface area contributed by atoms with Crippen molar-refractivity contribution in [3.8, 4) is 6.07 Å². The molecule has 2 N–H and O–H groups in total. The van der Waals surface area contributed by atoms with Crippen LogP contribution in [-0.4, -0.2) is 19.5 Å². The highest BCUT2D eigenvalue weighted by Crippen LogP contribution is 2.39. The second kappa shape index (κ2) is 7.98. The average molecular weight is 372 g/mol. The van der Waals surface area contributed by atoms with Crippen LogP contribution in [-0.2, 0) is 24.2 Å². The normalized spacial score (nSPS) is 17.2. The van der Waals surface area contributed by atoms with Crippen molar-refractivity contribution >= 4 is 22.2 Å². The van der Waals surface area contributed by atoms with Gasteiger partial charge in [-0.2, -0.15) is 5.26 Å². The predicted octanol–water partition coefficient (Wildman–Crippen LogP) is 2.54. The molecule has 0 spiro atoms. The first-order valence-corrected chi connectivity index (χ1v) is 9.68. The van der Waals surface area contributed by atoms with Crippen LogP contribution in [0.5, 0.6) is 0 Å². The van der Waals surface area contributed by atoms with E-state index in [2.05, 4.69) is 18.3 Å². The summed E-state index contributed by atoms with van der Waals surface area (Å²) in [4.78, 5) is 14.7. The maximum absolute atomic E-state index is 13.0. The number of thiophene rings is 1. The fraction of sp³-hybridized carbons (Fsp3) is 0.400. The van der Waals surface area contributed by atoms with Crippen molar-refractivity contribution in [1.29, 1.82) is 5.26 Å². The van der Waals surface area contributed by atoms with Crippen LogP contribution in [0.2, 0.25) is 0 Å². The molecule has 3 rings (SSSR count). The summed E-state index contributed by atoms with van der Waals surface area (Å²) in [6, 6.07) is 8.61. The minimum absolute atomic E-state index is 0.104. The molecule has 1 heterocycles. The Bertz CT molecular complexity index is 838. The maximum atomic E-state index is 13.0. The summed E-state index contributed by atoms with van der Waals surface area (Å²) in [5.74, 6) is 0.263. The molecule has 1 aromatic carbocycles. The molecule has 4 nitrogen and oxygen atoms in total. The quantitative estimate of drug-likeness (QED) is 0.847. The molecule has 136 valence electrons. The molecule has 0 bridgehead atoms. The summed E-state index contributed by atoms with van der Waals surface area (Å²) in [5, 5.41) is 13.1. The van der Waals surface area contributed by atoms with Crippen molar-refractivity contribution in [2.24, 2.45) is 5.92 Å². The van der Waals surface area contributed by atoms with E-state index in [-0.39, 0.29) is 11.7 Å². The van der Waals surface area contributed by atoms with E-state index < -0.39 is 0 Å². The van der Waals surface area contributed by atoms with E-state index >= 15 is 0 Å².